The predicted molar refractivity (Wildman–Crippen MR) is 103 cm³/mol. The second-order valence-corrected chi connectivity index (χ2v) is 5.62. The van der Waals surface area contributed by atoms with Gasteiger partial charge in [-0.15, -0.1) is 0 Å². The number of hydrogen-bond acceptors (Lipinski definition) is 8. The summed E-state index contributed by atoms with van der Waals surface area (Å²) in [6.45, 7) is 3.02. The molecule has 0 radical (unpaired) electrons. The zero-order valence-electron chi connectivity index (χ0n) is 15.3. The third-order valence-corrected chi connectivity index (χ3v) is 3.66. The molecule has 1 amide bonds. The molecule has 0 aliphatic heterocycles. The Morgan fingerprint density at radius 1 is 1.04 bits per heavy atom. The minimum absolute atomic E-state index is 0.00514. The van der Waals surface area contributed by atoms with Crippen molar-refractivity contribution in [3.8, 4) is 5.75 Å². The predicted octanol–water partition coefficient (Wildman–Crippen LogP) is 3.31. The molecule has 2 rings (SSSR count). The van der Waals surface area contributed by atoms with Crippen LogP contribution >= 0.6 is 0 Å². The molecule has 0 aliphatic rings. The molecule has 2 N–H and O–H groups in total. The number of hydrazone groups is 1. The van der Waals surface area contributed by atoms with E-state index in [2.05, 4.69) is 15.8 Å². The number of carbonyl (C=O) groups excluding carboxylic acids is 1. The summed E-state index contributed by atoms with van der Waals surface area (Å²) in [5.41, 5.74) is 3.22. The highest BCUT2D eigenvalue weighted by Gasteiger charge is 2.19. The quantitative estimate of drug-likeness (QED) is 0.420. The van der Waals surface area contributed by atoms with Crippen molar-refractivity contribution in [2.45, 2.75) is 13.8 Å². The van der Waals surface area contributed by atoms with E-state index in [-0.39, 0.29) is 11.6 Å². The molecule has 0 fully saturated rings. The molecule has 0 spiro atoms. The van der Waals surface area contributed by atoms with Gasteiger partial charge in [-0.3, -0.25) is 30.4 Å². The lowest BCUT2D eigenvalue weighted by molar-refractivity contribution is -0.393. The number of non-ortho nitro benzene ring substituents is 1. The van der Waals surface area contributed by atoms with Crippen LogP contribution in [0.25, 0.3) is 0 Å². The van der Waals surface area contributed by atoms with Gasteiger partial charge in [0.2, 0.25) is 5.91 Å². The Bertz CT molecular complexity index is 973. The van der Waals surface area contributed by atoms with E-state index < -0.39 is 21.2 Å². The number of nitro groups is 2. The summed E-state index contributed by atoms with van der Waals surface area (Å²) in [4.78, 5) is 31.8. The van der Waals surface area contributed by atoms with Crippen LogP contribution in [0.3, 0.4) is 0 Å². The zero-order valence-corrected chi connectivity index (χ0v) is 15.3. The normalized spacial score (nSPS) is 10.9. The highest BCUT2D eigenvalue weighted by atomic mass is 16.6. The Labute approximate surface area is 159 Å². The molecule has 0 bridgehead atoms. The molecular formula is C17H17N5O6. The van der Waals surface area contributed by atoms with Gasteiger partial charge in [0.05, 0.1) is 34.4 Å². The van der Waals surface area contributed by atoms with Crippen molar-refractivity contribution in [2.24, 2.45) is 5.10 Å². The van der Waals surface area contributed by atoms with E-state index in [9.17, 15) is 25.0 Å². The van der Waals surface area contributed by atoms with Crippen molar-refractivity contribution in [3.05, 3.63) is 62.2 Å². The lowest BCUT2D eigenvalue weighted by Gasteiger charge is -2.11. The minimum Gasteiger partial charge on any atom is -0.495 e. The van der Waals surface area contributed by atoms with Gasteiger partial charge in [0.25, 0.3) is 5.69 Å². The summed E-state index contributed by atoms with van der Waals surface area (Å²) in [7, 11) is 1.47. The third kappa shape index (κ3) is 4.78. The first-order valence-corrected chi connectivity index (χ1v) is 7.92. The summed E-state index contributed by atoms with van der Waals surface area (Å²) in [6.07, 6.45) is 0. The van der Waals surface area contributed by atoms with Crippen molar-refractivity contribution in [1.82, 2.24) is 0 Å². The molecule has 146 valence electrons. The van der Waals surface area contributed by atoms with Crippen LogP contribution < -0.4 is 15.5 Å². The van der Waals surface area contributed by atoms with Crippen LogP contribution in [0, 0.1) is 20.2 Å². The van der Waals surface area contributed by atoms with Crippen LogP contribution in [-0.4, -0.2) is 28.6 Å². The number of nitrogens with one attached hydrogen (secondary N) is 2. The standard InChI is InChI=1S/C17H17N5O6/c1-10(12-4-7-17(28-3)15(8-12)18-11(2)23)19-20-14-6-5-13(21(24)25)9-16(14)22(26)27/h4-9,20H,1-3H3,(H,18,23)/b19-10-. The monoisotopic (exact) mass is 387 g/mol. The smallest absolute Gasteiger partial charge is 0.301 e. The summed E-state index contributed by atoms with van der Waals surface area (Å²) in [6, 6.07) is 8.20. The van der Waals surface area contributed by atoms with Gasteiger partial charge >= 0.3 is 5.69 Å². The first-order chi connectivity index (χ1) is 13.2. The molecular weight excluding hydrogens is 370 g/mol. The molecule has 11 heteroatoms. The fourth-order valence-electron chi connectivity index (χ4n) is 2.31. The van der Waals surface area contributed by atoms with Gasteiger partial charge in [-0.05, 0) is 36.8 Å². The molecule has 0 saturated heterocycles. The molecule has 0 aromatic heterocycles. The number of nitrogens with zero attached hydrogens (tertiary/aromatic N) is 3. The summed E-state index contributed by atoms with van der Waals surface area (Å²) < 4.78 is 5.18. The number of anilines is 2. The Kier molecular flexibility index (Phi) is 6.22. The van der Waals surface area contributed by atoms with Gasteiger partial charge in [0.15, 0.2) is 0 Å². The van der Waals surface area contributed by atoms with E-state index in [1.807, 2.05) is 0 Å². The number of benzene rings is 2. The molecule has 0 saturated carbocycles. The first-order valence-electron chi connectivity index (χ1n) is 7.92. The molecule has 0 unspecified atom stereocenters. The number of carbonyl (C=O) groups is 1. The van der Waals surface area contributed by atoms with Crippen molar-refractivity contribution in [1.29, 1.82) is 0 Å². The second kappa shape index (κ2) is 8.58. The average Bonchev–Trinajstić information content (AvgIpc) is 2.65. The highest BCUT2D eigenvalue weighted by Crippen LogP contribution is 2.29. The van der Waals surface area contributed by atoms with Crippen LogP contribution in [-0.2, 0) is 4.79 Å². The maximum absolute atomic E-state index is 11.3. The Morgan fingerprint density at radius 3 is 2.32 bits per heavy atom. The fourth-order valence-corrected chi connectivity index (χ4v) is 2.31. The highest BCUT2D eigenvalue weighted by molar-refractivity contribution is 6.01. The van der Waals surface area contributed by atoms with E-state index in [1.54, 1.807) is 25.1 Å². The Hall–Kier alpha value is -4.02. The Morgan fingerprint density at radius 2 is 1.75 bits per heavy atom. The van der Waals surface area contributed by atoms with E-state index >= 15 is 0 Å². The van der Waals surface area contributed by atoms with Gasteiger partial charge < -0.3 is 10.1 Å². The molecule has 0 aliphatic carbocycles. The van der Waals surface area contributed by atoms with Crippen molar-refractivity contribution < 1.29 is 19.4 Å². The van der Waals surface area contributed by atoms with Crippen molar-refractivity contribution >= 4 is 34.4 Å². The number of hydrogen-bond donors (Lipinski definition) is 2. The molecule has 2 aromatic carbocycles. The minimum atomic E-state index is -0.734. The fraction of sp³-hybridized carbons (Fsp3) is 0.176. The molecule has 11 nitrogen and oxygen atoms in total. The summed E-state index contributed by atoms with van der Waals surface area (Å²) in [5.74, 6) is 0.190. The van der Waals surface area contributed by atoms with Crippen LogP contribution in [0.2, 0.25) is 0 Å². The topological polar surface area (TPSA) is 149 Å². The van der Waals surface area contributed by atoms with Crippen LogP contribution in [0.1, 0.15) is 19.4 Å². The third-order valence-electron chi connectivity index (χ3n) is 3.66. The van der Waals surface area contributed by atoms with Crippen LogP contribution in [0.4, 0.5) is 22.7 Å². The molecule has 0 atom stereocenters. The zero-order chi connectivity index (χ0) is 20.8. The second-order valence-electron chi connectivity index (χ2n) is 5.62. The number of nitro benzene ring substituents is 2. The lowest BCUT2D eigenvalue weighted by Crippen LogP contribution is -2.09. The van der Waals surface area contributed by atoms with E-state index in [0.717, 1.165) is 12.1 Å². The summed E-state index contributed by atoms with van der Waals surface area (Å²) in [5, 5.41) is 28.7. The maximum atomic E-state index is 11.3. The van der Waals surface area contributed by atoms with Gasteiger partial charge in [-0.2, -0.15) is 5.10 Å². The Balaban J connectivity index is 2.33. The van der Waals surface area contributed by atoms with Gasteiger partial charge in [-0.1, -0.05) is 0 Å². The van der Waals surface area contributed by atoms with Gasteiger partial charge in [-0.25, -0.2) is 0 Å². The van der Waals surface area contributed by atoms with Gasteiger partial charge in [0.1, 0.15) is 11.4 Å². The first kappa shape index (κ1) is 20.3. The summed E-state index contributed by atoms with van der Waals surface area (Å²) >= 11 is 0. The van der Waals surface area contributed by atoms with Crippen molar-refractivity contribution in [2.75, 3.05) is 17.9 Å². The number of amides is 1. The lowest BCUT2D eigenvalue weighted by atomic mass is 10.1. The SMILES string of the molecule is COc1ccc(/C(C)=N\Nc2ccc([N+](=O)[O-])cc2[N+](=O)[O-])cc1NC(C)=O. The number of ether oxygens (including phenoxy) is 1. The molecule has 2 aromatic rings. The van der Waals surface area contributed by atoms with Crippen LogP contribution in [0.5, 0.6) is 5.75 Å². The van der Waals surface area contributed by atoms with Crippen molar-refractivity contribution in [3.63, 3.8) is 0 Å². The van der Waals surface area contributed by atoms with Crippen LogP contribution in [0.15, 0.2) is 41.5 Å². The van der Waals surface area contributed by atoms with Gasteiger partial charge in [0, 0.05) is 13.0 Å². The molecule has 0 heterocycles. The maximum Gasteiger partial charge on any atom is 0.301 e. The number of rotatable bonds is 7. The van der Waals surface area contributed by atoms with E-state index in [4.69, 9.17) is 4.74 Å². The molecule has 28 heavy (non-hydrogen) atoms. The van der Waals surface area contributed by atoms with E-state index in [1.165, 1.54) is 20.1 Å². The largest absolute Gasteiger partial charge is 0.495 e. The number of methoxy groups -OCH3 is 1. The van der Waals surface area contributed by atoms with E-state index in [0.29, 0.717) is 22.7 Å². The average molecular weight is 387 g/mol.